The number of nitriles is 1. The van der Waals surface area contributed by atoms with Crippen molar-refractivity contribution >= 4 is 5.82 Å². The Morgan fingerprint density at radius 1 is 1.44 bits per heavy atom. The molecule has 2 bridgehead atoms. The molecule has 0 amide bonds. The molecule has 1 aliphatic carbocycles. The predicted molar refractivity (Wildman–Crippen MR) is 66.5 cm³/mol. The van der Waals surface area contributed by atoms with E-state index in [4.69, 9.17) is 9.72 Å². The fourth-order valence-corrected chi connectivity index (χ4v) is 3.42. The van der Waals surface area contributed by atoms with Crippen LogP contribution in [0.25, 0.3) is 0 Å². The van der Waals surface area contributed by atoms with E-state index >= 15 is 0 Å². The van der Waals surface area contributed by atoms with Crippen molar-refractivity contribution in [1.29, 1.82) is 5.26 Å². The van der Waals surface area contributed by atoms with E-state index in [1.54, 1.807) is 0 Å². The Bertz CT molecular complexity index is 549. The minimum atomic E-state index is 0.344. The van der Waals surface area contributed by atoms with E-state index in [1.165, 1.54) is 17.7 Å². The molecule has 0 radical (unpaired) electrons. The predicted octanol–water partition coefficient (Wildman–Crippen LogP) is 1.42. The Labute approximate surface area is 106 Å². The summed E-state index contributed by atoms with van der Waals surface area (Å²) in [5.41, 5.74) is 3.21. The van der Waals surface area contributed by atoms with E-state index in [-0.39, 0.29) is 0 Å². The molecule has 3 heterocycles. The van der Waals surface area contributed by atoms with Crippen molar-refractivity contribution in [2.45, 2.75) is 37.8 Å². The second-order valence-electron chi connectivity index (χ2n) is 5.43. The standard InChI is InChI=1S/C14H15N3O/c15-6-10-4-9-2-1-3-13(9)16-14(10)17-7-12-5-11(17)8-18-12/h4,11-12H,1-3,5,7-8H2. The first kappa shape index (κ1) is 10.3. The molecule has 0 saturated carbocycles. The normalized spacial score (nSPS) is 28.5. The van der Waals surface area contributed by atoms with E-state index in [2.05, 4.69) is 17.0 Å². The second kappa shape index (κ2) is 3.69. The van der Waals surface area contributed by atoms with Gasteiger partial charge in [-0.25, -0.2) is 4.98 Å². The van der Waals surface area contributed by atoms with Crippen molar-refractivity contribution in [3.8, 4) is 6.07 Å². The first-order chi connectivity index (χ1) is 8.85. The molecule has 2 aliphatic heterocycles. The molecule has 18 heavy (non-hydrogen) atoms. The summed E-state index contributed by atoms with van der Waals surface area (Å²) in [6.45, 7) is 1.68. The van der Waals surface area contributed by atoms with Gasteiger partial charge in [0, 0.05) is 12.2 Å². The quantitative estimate of drug-likeness (QED) is 0.746. The van der Waals surface area contributed by atoms with Crippen LogP contribution in [-0.2, 0) is 17.6 Å². The fraction of sp³-hybridized carbons (Fsp3) is 0.571. The highest BCUT2D eigenvalue weighted by molar-refractivity contribution is 5.58. The van der Waals surface area contributed by atoms with Crippen molar-refractivity contribution in [1.82, 2.24) is 4.98 Å². The van der Waals surface area contributed by atoms with Gasteiger partial charge in [-0.1, -0.05) is 0 Å². The minimum Gasteiger partial charge on any atom is -0.374 e. The SMILES string of the molecule is N#Cc1cc2c(nc1N1CC3CC1CO3)CCC2. The molecule has 2 saturated heterocycles. The van der Waals surface area contributed by atoms with Crippen LogP contribution in [0.3, 0.4) is 0 Å². The lowest BCUT2D eigenvalue weighted by Gasteiger charge is -2.29. The van der Waals surface area contributed by atoms with E-state index < -0.39 is 0 Å². The average molecular weight is 241 g/mol. The first-order valence-corrected chi connectivity index (χ1v) is 6.66. The van der Waals surface area contributed by atoms with Crippen LogP contribution in [0.1, 0.15) is 29.7 Å². The summed E-state index contributed by atoms with van der Waals surface area (Å²) < 4.78 is 5.62. The molecule has 92 valence electrons. The molecule has 4 heteroatoms. The Kier molecular flexibility index (Phi) is 2.12. The molecule has 0 N–H and O–H groups in total. The Morgan fingerprint density at radius 3 is 3.11 bits per heavy atom. The lowest BCUT2D eigenvalue weighted by Crippen LogP contribution is -2.38. The van der Waals surface area contributed by atoms with Crippen molar-refractivity contribution in [3.63, 3.8) is 0 Å². The lowest BCUT2D eigenvalue weighted by molar-refractivity contribution is 0.0988. The summed E-state index contributed by atoms with van der Waals surface area (Å²) >= 11 is 0. The monoisotopic (exact) mass is 241 g/mol. The van der Waals surface area contributed by atoms with Crippen molar-refractivity contribution in [2.24, 2.45) is 0 Å². The highest BCUT2D eigenvalue weighted by Crippen LogP contribution is 2.35. The molecular formula is C14H15N3O. The molecule has 2 unspecified atom stereocenters. The maximum absolute atomic E-state index is 9.33. The van der Waals surface area contributed by atoms with Gasteiger partial charge < -0.3 is 9.64 Å². The number of aryl methyl sites for hydroxylation is 2. The third-order valence-electron chi connectivity index (χ3n) is 4.32. The first-order valence-electron chi connectivity index (χ1n) is 6.66. The molecular weight excluding hydrogens is 226 g/mol. The zero-order chi connectivity index (χ0) is 12.1. The van der Waals surface area contributed by atoms with Crippen molar-refractivity contribution in [2.75, 3.05) is 18.1 Å². The number of morpholine rings is 1. The topological polar surface area (TPSA) is 49.2 Å². The Hall–Kier alpha value is -1.60. The van der Waals surface area contributed by atoms with Crippen LogP contribution >= 0.6 is 0 Å². The average Bonchev–Trinajstić information content (AvgIpc) is 3.12. The van der Waals surface area contributed by atoms with Gasteiger partial charge in [-0.3, -0.25) is 0 Å². The number of fused-ring (bicyclic) bond motifs is 3. The summed E-state index contributed by atoms with van der Waals surface area (Å²) in [4.78, 5) is 7.06. The number of pyridine rings is 1. The van der Waals surface area contributed by atoms with E-state index in [9.17, 15) is 5.26 Å². The van der Waals surface area contributed by atoms with Crippen LogP contribution in [0.2, 0.25) is 0 Å². The molecule has 0 aromatic carbocycles. The van der Waals surface area contributed by atoms with Crippen LogP contribution in [0.4, 0.5) is 5.82 Å². The smallest absolute Gasteiger partial charge is 0.147 e. The van der Waals surface area contributed by atoms with Gasteiger partial charge in [0.15, 0.2) is 0 Å². The highest BCUT2D eigenvalue weighted by Gasteiger charge is 2.40. The Morgan fingerprint density at radius 2 is 2.39 bits per heavy atom. The van der Waals surface area contributed by atoms with Crippen LogP contribution in [0.5, 0.6) is 0 Å². The third-order valence-corrected chi connectivity index (χ3v) is 4.32. The maximum atomic E-state index is 9.33. The molecule has 3 aliphatic rings. The number of anilines is 1. The molecule has 4 nitrogen and oxygen atoms in total. The number of aromatic nitrogens is 1. The van der Waals surface area contributed by atoms with Crippen molar-refractivity contribution < 1.29 is 4.74 Å². The molecule has 1 aromatic heterocycles. The van der Waals surface area contributed by atoms with Crippen molar-refractivity contribution in [3.05, 3.63) is 22.9 Å². The van der Waals surface area contributed by atoms with E-state index in [0.717, 1.165) is 43.8 Å². The lowest BCUT2D eigenvalue weighted by atomic mass is 10.1. The molecule has 2 atom stereocenters. The molecule has 4 rings (SSSR count). The summed E-state index contributed by atoms with van der Waals surface area (Å²) in [5, 5.41) is 9.33. The third kappa shape index (κ3) is 1.37. The van der Waals surface area contributed by atoms with Gasteiger partial charge in [-0.2, -0.15) is 5.26 Å². The molecule has 0 spiro atoms. The zero-order valence-electron chi connectivity index (χ0n) is 10.2. The van der Waals surface area contributed by atoms with E-state index in [0.29, 0.717) is 12.1 Å². The minimum absolute atomic E-state index is 0.344. The highest BCUT2D eigenvalue weighted by atomic mass is 16.5. The summed E-state index contributed by atoms with van der Waals surface area (Å²) in [6.07, 6.45) is 4.74. The van der Waals surface area contributed by atoms with Gasteiger partial charge in [0.05, 0.1) is 24.3 Å². The maximum Gasteiger partial charge on any atom is 0.147 e. The van der Waals surface area contributed by atoms with Crippen LogP contribution in [-0.4, -0.2) is 30.3 Å². The fourth-order valence-electron chi connectivity index (χ4n) is 3.42. The van der Waals surface area contributed by atoms with E-state index in [1.807, 2.05) is 0 Å². The zero-order valence-corrected chi connectivity index (χ0v) is 10.2. The summed E-state index contributed by atoms with van der Waals surface area (Å²) in [7, 11) is 0. The Balaban J connectivity index is 1.78. The van der Waals surface area contributed by atoms with Gasteiger partial charge in [-0.05, 0) is 37.3 Å². The van der Waals surface area contributed by atoms with Crippen LogP contribution in [0, 0.1) is 11.3 Å². The largest absolute Gasteiger partial charge is 0.374 e. The van der Waals surface area contributed by atoms with Gasteiger partial charge in [0.2, 0.25) is 0 Å². The van der Waals surface area contributed by atoms with Crippen LogP contribution < -0.4 is 4.90 Å². The number of hydrogen-bond donors (Lipinski definition) is 0. The number of ether oxygens (including phenoxy) is 1. The second-order valence-corrected chi connectivity index (χ2v) is 5.43. The molecule has 2 fully saturated rings. The van der Waals surface area contributed by atoms with Gasteiger partial charge in [0.1, 0.15) is 11.9 Å². The van der Waals surface area contributed by atoms with Crippen LogP contribution in [0.15, 0.2) is 6.07 Å². The van der Waals surface area contributed by atoms with Gasteiger partial charge in [0.25, 0.3) is 0 Å². The summed E-state index contributed by atoms with van der Waals surface area (Å²) in [5.74, 6) is 0.897. The number of rotatable bonds is 1. The van der Waals surface area contributed by atoms with Gasteiger partial charge in [-0.15, -0.1) is 0 Å². The summed E-state index contributed by atoms with van der Waals surface area (Å²) in [6, 6.07) is 4.79. The molecule has 1 aromatic rings. The number of nitrogens with zero attached hydrogens (tertiary/aromatic N) is 3. The number of hydrogen-bond acceptors (Lipinski definition) is 4. The van der Waals surface area contributed by atoms with Gasteiger partial charge >= 0.3 is 0 Å².